The number of Topliss-reactive ketones (excluding diaryl/α,β-unsaturated/α-hetero) is 1. The Bertz CT molecular complexity index is 695. The lowest BCUT2D eigenvalue weighted by atomic mass is 9.76. The highest BCUT2D eigenvalue weighted by Crippen LogP contribution is 2.37. The molecule has 104 valence electrons. The fraction of sp³-hybridized carbons (Fsp3) is 0.412. The van der Waals surface area contributed by atoms with Crippen LogP contribution in [0.3, 0.4) is 0 Å². The Labute approximate surface area is 119 Å². The molecule has 20 heavy (non-hydrogen) atoms. The first kappa shape index (κ1) is 13.1. The molecule has 0 N–H and O–H groups in total. The van der Waals surface area contributed by atoms with Crippen LogP contribution in [0.2, 0.25) is 0 Å². The van der Waals surface area contributed by atoms with Crippen molar-refractivity contribution in [2.75, 3.05) is 0 Å². The molecule has 0 aliphatic heterocycles. The minimum Gasteiger partial charge on any atom is -0.316 e. The van der Waals surface area contributed by atoms with E-state index in [-0.39, 0.29) is 11.2 Å². The number of rotatable bonds is 1. The van der Waals surface area contributed by atoms with E-state index in [4.69, 9.17) is 0 Å². The summed E-state index contributed by atoms with van der Waals surface area (Å²) in [7, 11) is 0. The summed E-state index contributed by atoms with van der Waals surface area (Å²) in [5, 5.41) is 0. The van der Waals surface area contributed by atoms with Gasteiger partial charge in [0.15, 0.2) is 5.78 Å². The monoisotopic (exact) mass is 268 g/mol. The Morgan fingerprint density at radius 2 is 2.00 bits per heavy atom. The lowest BCUT2D eigenvalue weighted by Gasteiger charge is -2.30. The molecule has 3 nitrogen and oxygen atoms in total. The van der Waals surface area contributed by atoms with Gasteiger partial charge in [-0.15, -0.1) is 0 Å². The molecule has 2 aromatic heterocycles. The highest BCUT2D eigenvalue weighted by Gasteiger charge is 2.34. The van der Waals surface area contributed by atoms with Gasteiger partial charge in [-0.3, -0.25) is 9.78 Å². The van der Waals surface area contributed by atoms with Crippen molar-refractivity contribution in [3.63, 3.8) is 0 Å². The van der Waals surface area contributed by atoms with E-state index in [9.17, 15) is 4.79 Å². The number of hydrogen-bond acceptors (Lipinski definition) is 2. The highest BCUT2D eigenvalue weighted by molar-refractivity contribution is 5.99. The van der Waals surface area contributed by atoms with E-state index >= 15 is 0 Å². The summed E-state index contributed by atoms with van der Waals surface area (Å²) < 4.78 is 2.20. The summed E-state index contributed by atoms with van der Waals surface area (Å²) in [6.07, 6.45) is 3.37. The van der Waals surface area contributed by atoms with Gasteiger partial charge in [0, 0.05) is 29.6 Å². The Kier molecular flexibility index (Phi) is 2.82. The summed E-state index contributed by atoms with van der Waals surface area (Å²) in [5.41, 5.74) is 5.24. The number of carbonyl (C=O) groups excluding carboxylic acids is 1. The molecule has 0 bridgehead atoms. The standard InChI is InChI=1S/C17H20N2O/c1-11-8-13-15(9-17(3,4)10-16(13)20)19(11)14-6-5-7-18-12(14)2/h5-8H,9-10H2,1-4H3. The maximum Gasteiger partial charge on any atom is 0.165 e. The minimum atomic E-state index is 0.0305. The first-order valence-electron chi connectivity index (χ1n) is 7.05. The zero-order valence-electron chi connectivity index (χ0n) is 12.5. The second kappa shape index (κ2) is 4.30. The summed E-state index contributed by atoms with van der Waals surface area (Å²) >= 11 is 0. The number of fused-ring (bicyclic) bond motifs is 1. The molecule has 0 aromatic carbocycles. The largest absolute Gasteiger partial charge is 0.316 e. The van der Waals surface area contributed by atoms with Crippen molar-refractivity contribution in [3.05, 3.63) is 47.0 Å². The van der Waals surface area contributed by atoms with E-state index in [0.717, 1.165) is 34.8 Å². The lowest BCUT2D eigenvalue weighted by Crippen LogP contribution is -2.28. The number of aromatic nitrogens is 2. The normalized spacial score (nSPS) is 17.1. The van der Waals surface area contributed by atoms with Crippen LogP contribution in [0, 0.1) is 19.3 Å². The van der Waals surface area contributed by atoms with Gasteiger partial charge in [0.2, 0.25) is 0 Å². The maximum absolute atomic E-state index is 12.4. The van der Waals surface area contributed by atoms with Crippen LogP contribution < -0.4 is 0 Å². The number of nitrogens with zero attached hydrogens (tertiary/aromatic N) is 2. The molecule has 3 rings (SSSR count). The molecule has 1 aliphatic carbocycles. The van der Waals surface area contributed by atoms with Crippen molar-refractivity contribution in [1.82, 2.24) is 9.55 Å². The van der Waals surface area contributed by atoms with Crippen LogP contribution in [0.4, 0.5) is 0 Å². The van der Waals surface area contributed by atoms with E-state index in [2.05, 4.69) is 36.4 Å². The number of hydrogen-bond donors (Lipinski definition) is 0. The average Bonchev–Trinajstić information content (AvgIpc) is 2.66. The third kappa shape index (κ3) is 1.98. The van der Waals surface area contributed by atoms with Gasteiger partial charge in [0.25, 0.3) is 0 Å². The Hall–Kier alpha value is -1.90. The summed E-state index contributed by atoms with van der Waals surface area (Å²) in [4.78, 5) is 16.7. The highest BCUT2D eigenvalue weighted by atomic mass is 16.1. The quantitative estimate of drug-likeness (QED) is 0.791. The van der Waals surface area contributed by atoms with Gasteiger partial charge in [-0.05, 0) is 43.9 Å². The predicted molar refractivity (Wildman–Crippen MR) is 79.5 cm³/mol. The minimum absolute atomic E-state index is 0.0305. The van der Waals surface area contributed by atoms with Crippen molar-refractivity contribution >= 4 is 5.78 Å². The van der Waals surface area contributed by atoms with Crippen LogP contribution in [0.15, 0.2) is 24.4 Å². The van der Waals surface area contributed by atoms with Crippen LogP contribution in [0.25, 0.3) is 5.69 Å². The smallest absolute Gasteiger partial charge is 0.165 e. The number of pyridine rings is 1. The summed E-state index contributed by atoms with van der Waals surface area (Å²) in [5.74, 6) is 0.264. The van der Waals surface area contributed by atoms with Crippen molar-refractivity contribution in [2.45, 2.75) is 40.5 Å². The van der Waals surface area contributed by atoms with Gasteiger partial charge in [0.1, 0.15) is 0 Å². The molecule has 0 amide bonds. The van der Waals surface area contributed by atoms with Gasteiger partial charge in [-0.1, -0.05) is 13.8 Å². The number of aryl methyl sites for hydroxylation is 2. The Morgan fingerprint density at radius 3 is 2.70 bits per heavy atom. The van der Waals surface area contributed by atoms with Crippen LogP contribution in [0.5, 0.6) is 0 Å². The van der Waals surface area contributed by atoms with Gasteiger partial charge in [0.05, 0.1) is 11.4 Å². The van der Waals surface area contributed by atoms with Crippen molar-refractivity contribution < 1.29 is 4.79 Å². The van der Waals surface area contributed by atoms with Crippen molar-refractivity contribution in [3.8, 4) is 5.69 Å². The molecule has 0 spiro atoms. The molecule has 1 aliphatic rings. The fourth-order valence-electron chi connectivity index (χ4n) is 3.20. The van der Waals surface area contributed by atoms with E-state index in [1.165, 1.54) is 0 Å². The summed E-state index contributed by atoms with van der Waals surface area (Å²) in [6.45, 7) is 8.40. The van der Waals surface area contributed by atoms with E-state index < -0.39 is 0 Å². The van der Waals surface area contributed by atoms with Crippen LogP contribution in [0.1, 0.15) is 47.7 Å². The van der Waals surface area contributed by atoms with Gasteiger partial charge in [-0.25, -0.2) is 0 Å². The van der Waals surface area contributed by atoms with Crippen LogP contribution in [-0.4, -0.2) is 15.3 Å². The molecule has 0 radical (unpaired) electrons. The van der Waals surface area contributed by atoms with Crippen molar-refractivity contribution in [2.24, 2.45) is 5.41 Å². The van der Waals surface area contributed by atoms with Crippen LogP contribution in [-0.2, 0) is 6.42 Å². The summed E-state index contributed by atoms with van der Waals surface area (Å²) in [6, 6.07) is 6.05. The average molecular weight is 268 g/mol. The Balaban J connectivity index is 2.24. The Morgan fingerprint density at radius 1 is 1.25 bits per heavy atom. The molecule has 0 saturated heterocycles. The molecule has 0 fully saturated rings. The molecule has 0 saturated carbocycles. The SMILES string of the molecule is Cc1ncccc1-n1c(C)cc2c1CC(C)(C)CC2=O. The third-order valence-electron chi connectivity index (χ3n) is 4.09. The molecule has 0 atom stereocenters. The van der Waals surface area contributed by atoms with Crippen molar-refractivity contribution in [1.29, 1.82) is 0 Å². The second-order valence-electron chi connectivity index (χ2n) is 6.53. The van der Waals surface area contributed by atoms with Crippen LogP contribution >= 0.6 is 0 Å². The molecule has 2 aromatic rings. The zero-order valence-corrected chi connectivity index (χ0v) is 12.5. The first-order valence-corrected chi connectivity index (χ1v) is 7.05. The predicted octanol–water partition coefficient (Wildman–Crippen LogP) is 3.64. The van der Waals surface area contributed by atoms with Gasteiger partial charge >= 0.3 is 0 Å². The molecule has 2 heterocycles. The molecular formula is C17H20N2O. The zero-order chi connectivity index (χ0) is 14.5. The second-order valence-corrected chi connectivity index (χ2v) is 6.53. The van der Waals surface area contributed by atoms with E-state index in [0.29, 0.717) is 6.42 Å². The molecule has 0 unspecified atom stereocenters. The topological polar surface area (TPSA) is 34.9 Å². The third-order valence-corrected chi connectivity index (χ3v) is 4.09. The van der Waals surface area contributed by atoms with Gasteiger partial charge < -0.3 is 4.57 Å². The lowest BCUT2D eigenvalue weighted by molar-refractivity contribution is 0.0911. The van der Waals surface area contributed by atoms with Gasteiger partial charge in [-0.2, -0.15) is 0 Å². The fourth-order valence-corrected chi connectivity index (χ4v) is 3.20. The molecule has 3 heteroatoms. The van der Waals surface area contributed by atoms with E-state index in [1.54, 1.807) is 6.20 Å². The number of ketones is 1. The first-order chi connectivity index (χ1) is 9.39. The number of carbonyl (C=O) groups is 1. The maximum atomic E-state index is 12.4. The van der Waals surface area contributed by atoms with E-state index in [1.807, 2.05) is 19.1 Å². The molecular weight excluding hydrogens is 248 g/mol.